The number of rotatable bonds is 1. The Morgan fingerprint density at radius 2 is 1.96 bits per heavy atom. The summed E-state index contributed by atoms with van der Waals surface area (Å²) >= 11 is 0. The highest BCUT2D eigenvalue weighted by atomic mass is 16.1. The number of allylic oxidation sites excluding steroid dienone is 2. The second kappa shape index (κ2) is 5.04. The molecule has 0 spiro atoms. The standard InChI is InChI=1S/C21H30O2/c1-13(22)17-6-7-18-16-5-4-14-12-15(23)8-10-20(14,2)19(16)9-11-21(17,18)3/h9,11,14,16-19H,4-8,10,12H2,1-3H3/t14?,16-,17+,18-,19-,20-,21+/m0/s1. The molecule has 23 heavy (non-hydrogen) atoms. The second-order valence-electron chi connectivity index (χ2n) is 9.28. The summed E-state index contributed by atoms with van der Waals surface area (Å²) in [6.45, 7) is 6.57. The van der Waals surface area contributed by atoms with Crippen molar-refractivity contribution in [3.63, 3.8) is 0 Å². The van der Waals surface area contributed by atoms with Gasteiger partial charge >= 0.3 is 0 Å². The molecule has 0 saturated heterocycles. The number of Topliss-reactive ketones (excluding diaryl/α,β-unsaturated/α-hetero) is 2. The number of hydrogen-bond acceptors (Lipinski definition) is 2. The Morgan fingerprint density at radius 1 is 1.17 bits per heavy atom. The predicted molar refractivity (Wildman–Crippen MR) is 90.8 cm³/mol. The van der Waals surface area contributed by atoms with E-state index in [-0.39, 0.29) is 11.3 Å². The Balaban J connectivity index is 1.69. The van der Waals surface area contributed by atoms with Gasteiger partial charge in [-0.1, -0.05) is 26.0 Å². The van der Waals surface area contributed by atoms with Crippen LogP contribution in [0.2, 0.25) is 0 Å². The van der Waals surface area contributed by atoms with Crippen molar-refractivity contribution >= 4 is 11.6 Å². The van der Waals surface area contributed by atoms with E-state index in [0.717, 1.165) is 31.6 Å². The summed E-state index contributed by atoms with van der Waals surface area (Å²) in [6.07, 6.45) is 12.3. The Bertz CT molecular complexity index is 576. The van der Waals surface area contributed by atoms with Crippen molar-refractivity contribution in [2.75, 3.05) is 0 Å². The first-order valence-electron chi connectivity index (χ1n) is 9.58. The van der Waals surface area contributed by atoms with Crippen molar-refractivity contribution in [1.82, 2.24) is 0 Å². The topological polar surface area (TPSA) is 34.1 Å². The number of ketones is 2. The largest absolute Gasteiger partial charge is 0.300 e. The maximum absolute atomic E-state index is 12.1. The smallest absolute Gasteiger partial charge is 0.133 e. The summed E-state index contributed by atoms with van der Waals surface area (Å²) in [4.78, 5) is 24.0. The zero-order chi connectivity index (χ0) is 16.4. The van der Waals surface area contributed by atoms with Crippen molar-refractivity contribution < 1.29 is 9.59 Å². The fourth-order valence-electron chi connectivity index (χ4n) is 7.06. The van der Waals surface area contributed by atoms with E-state index >= 15 is 0 Å². The summed E-state index contributed by atoms with van der Waals surface area (Å²) in [5.74, 6) is 3.69. The predicted octanol–water partition coefficient (Wildman–Crippen LogP) is 4.58. The van der Waals surface area contributed by atoms with Gasteiger partial charge < -0.3 is 0 Å². The van der Waals surface area contributed by atoms with E-state index in [0.29, 0.717) is 34.7 Å². The van der Waals surface area contributed by atoms with Crippen LogP contribution < -0.4 is 0 Å². The third-order valence-corrected chi connectivity index (χ3v) is 8.41. The van der Waals surface area contributed by atoms with Crippen LogP contribution in [0.1, 0.15) is 65.7 Å². The number of carbonyl (C=O) groups is 2. The molecule has 2 heteroatoms. The van der Waals surface area contributed by atoms with Crippen LogP contribution >= 0.6 is 0 Å². The number of fused-ring (bicyclic) bond motifs is 5. The highest BCUT2D eigenvalue weighted by Gasteiger charge is 2.58. The normalized spacial score (nSPS) is 51.8. The van der Waals surface area contributed by atoms with Gasteiger partial charge in [-0.3, -0.25) is 9.59 Å². The molecule has 3 fully saturated rings. The lowest BCUT2D eigenvalue weighted by Gasteiger charge is -2.57. The van der Waals surface area contributed by atoms with Crippen LogP contribution in [0, 0.1) is 40.4 Å². The van der Waals surface area contributed by atoms with Crippen LogP contribution in [0.5, 0.6) is 0 Å². The quantitative estimate of drug-likeness (QED) is 0.664. The van der Waals surface area contributed by atoms with Gasteiger partial charge in [0.15, 0.2) is 0 Å². The monoisotopic (exact) mass is 314 g/mol. The lowest BCUT2D eigenvalue weighted by molar-refractivity contribution is -0.132. The minimum absolute atomic E-state index is 0.0840. The fourth-order valence-corrected chi connectivity index (χ4v) is 7.06. The van der Waals surface area contributed by atoms with Gasteiger partial charge in [-0.15, -0.1) is 0 Å². The summed E-state index contributed by atoms with van der Waals surface area (Å²) < 4.78 is 0. The first-order valence-corrected chi connectivity index (χ1v) is 9.58. The molecule has 3 saturated carbocycles. The molecule has 2 nitrogen and oxygen atoms in total. The lowest BCUT2D eigenvalue weighted by atomic mass is 9.47. The van der Waals surface area contributed by atoms with E-state index in [1.807, 2.05) is 0 Å². The molecule has 0 aromatic rings. The fraction of sp³-hybridized carbons (Fsp3) is 0.810. The lowest BCUT2D eigenvalue weighted by Crippen LogP contribution is -2.51. The molecule has 4 rings (SSSR count). The molecule has 0 heterocycles. The Hall–Kier alpha value is -0.920. The first-order chi connectivity index (χ1) is 10.9. The molecule has 4 aliphatic carbocycles. The van der Waals surface area contributed by atoms with Crippen molar-refractivity contribution in [3.8, 4) is 0 Å². The maximum Gasteiger partial charge on any atom is 0.133 e. The Kier molecular flexibility index (Phi) is 3.42. The molecule has 0 radical (unpaired) electrons. The van der Waals surface area contributed by atoms with Crippen LogP contribution in [-0.4, -0.2) is 11.6 Å². The Morgan fingerprint density at radius 3 is 2.70 bits per heavy atom. The maximum atomic E-state index is 12.1. The third kappa shape index (κ3) is 2.06. The van der Waals surface area contributed by atoms with E-state index < -0.39 is 0 Å². The summed E-state index contributed by atoms with van der Waals surface area (Å²) in [5.41, 5.74) is 0.393. The Labute approximate surface area is 140 Å². The molecule has 0 aromatic carbocycles. The molecule has 0 amide bonds. The van der Waals surface area contributed by atoms with Crippen molar-refractivity contribution in [2.24, 2.45) is 40.4 Å². The van der Waals surface area contributed by atoms with E-state index in [1.54, 1.807) is 6.92 Å². The third-order valence-electron chi connectivity index (χ3n) is 8.41. The molecular formula is C21H30O2. The van der Waals surface area contributed by atoms with E-state index in [1.165, 1.54) is 19.3 Å². The van der Waals surface area contributed by atoms with Gasteiger partial charge in [0.05, 0.1) is 0 Å². The molecule has 1 unspecified atom stereocenters. The highest BCUT2D eigenvalue weighted by Crippen LogP contribution is 2.64. The zero-order valence-corrected chi connectivity index (χ0v) is 14.8. The molecule has 4 aliphatic rings. The molecule has 0 aromatic heterocycles. The molecule has 0 aliphatic heterocycles. The zero-order valence-electron chi connectivity index (χ0n) is 14.8. The van der Waals surface area contributed by atoms with Gasteiger partial charge in [-0.05, 0) is 73.5 Å². The van der Waals surface area contributed by atoms with Gasteiger partial charge in [0, 0.05) is 18.8 Å². The van der Waals surface area contributed by atoms with Gasteiger partial charge in [-0.25, -0.2) is 0 Å². The first kappa shape index (κ1) is 15.6. The number of carbonyl (C=O) groups excluding carboxylic acids is 2. The number of hydrogen-bond donors (Lipinski definition) is 0. The van der Waals surface area contributed by atoms with Crippen LogP contribution in [0.3, 0.4) is 0 Å². The molecule has 0 N–H and O–H groups in total. The molecule has 126 valence electrons. The van der Waals surface area contributed by atoms with E-state index in [2.05, 4.69) is 26.0 Å². The average Bonchev–Trinajstić information content (AvgIpc) is 2.85. The van der Waals surface area contributed by atoms with Crippen LogP contribution in [0.25, 0.3) is 0 Å². The van der Waals surface area contributed by atoms with Gasteiger partial charge in [0.25, 0.3) is 0 Å². The second-order valence-corrected chi connectivity index (χ2v) is 9.28. The van der Waals surface area contributed by atoms with E-state index in [9.17, 15) is 9.59 Å². The molecule has 7 atom stereocenters. The van der Waals surface area contributed by atoms with Crippen LogP contribution in [0.15, 0.2) is 12.2 Å². The average molecular weight is 314 g/mol. The van der Waals surface area contributed by atoms with Gasteiger partial charge in [0.1, 0.15) is 11.6 Å². The van der Waals surface area contributed by atoms with Crippen molar-refractivity contribution in [1.29, 1.82) is 0 Å². The summed E-state index contributed by atoms with van der Waals surface area (Å²) in [7, 11) is 0. The van der Waals surface area contributed by atoms with Crippen molar-refractivity contribution in [3.05, 3.63) is 12.2 Å². The minimum Gasteiger partial charge on any atom is -0.300 e. The minimum atomic E-state index is 0.0840. The molecular weight excluding hydrogens is 284 g/mol. The van der Waals surface area contributed by atoms with Gasteiger partial charge in [-0.2, -0.15) is 0 Å². The van der Waals surface area contributed by atoms with Crippen LogP contribution in [0.4, 0.5) is 0 Å². The highest BCUT2D eigenvalue weighted by molar-refractivity contribution is 5.80. The molecule has 0 bridgehead atoms. The van der Waals surface area contributed by atoms with E-state index in [4.69, 9.17) is 0 Å². The van der Waals surface area contributed by atoms with Crippen molar-refractivity contribution in [2.45, 2.75) is 65.7 Å². The summed E-state index contributed by atoms with van der Waals surface area (Å²) in [5, 5.41) is 0. The van der Waals surface area contributed by atoms with Crippen LogP contribution in [-0.2, 0) is 9.59 Å². The van der Waals surface area contributed by atoms with Gasteiger partial charge in [0.2, 0.25) is 0 Å². The summed E-state index contributed by atoms with van der Waals surface area (Å²) in [6, 6.07) is 0. The SMILES string of the molecule is CC(=O)[C@H]1CC[C@H]2[C@@H]3CCC4CC(=O)CC[C@]4(C)[C@H]3C=C[C@]12C.